The number of nitrogens with one attached hydrogen (secondary N) is 1. The first-order valence-electron chi connectivity index (χ1n) is 8.41. The molecule has 1 aliphatic carbocycles. The first kappa shape index (κ1) is 17.4. The Bertz CT molecular complexity index is 692. The summed E-state index contributed by atoms with van der Waals surface area (Å²) in [5.41, 5.74) is 0.417. The van der Waals surface area contributed by atoms with E-state index in [2.05, 4.69) is 4.72 Å². The van der Waals surface area contributed by atoms with Crippen LogP contribution in [0.1, 0.15) is 36.0 Å². The quantitative estimate of drug-likeness (QED) is 0.844. The number of likely N-dealkylation sites (tertiary alicyclic amines) is 1. The molecule has 132 valence electrons. The molecule has 0 radical (unpaired) electrons. The highest BCUT2D eigenvalue weighted by Crippen LogP contribution is 2.28. The minimum absolute atomic E-state index is 0.121. The number of amides is 1. The predicted molar refractivity (Wildman–Crippen MR) is 90.3 cm³/mol. The molecule has 2 fully saturated rings. The molecular weight excluding hydrogens is 328 g/mol. The molecule has 3 rings (SSSR count). The van der Waals surface area contributed by atoms with Gasteiger partial charge in [-0.15, -0.1) is 0 Å². The number of nitrogens with zero attached hydrogens (tertiary/aromatic N) is 1. The number of sulfonamides is 1. The number of carbonyl (C=O) groups excluding carboxylic acids is 1. The second kappa shape index (κ2) is 7.21. The molecule has 0 aromatic heterocycles. The Hall–Kier alpha value is -1.44. The normalized spacial score (nSPS) is 19.5. The molecule has 7 heteroatoms. The first-order valence-corrected chi connectivity index (χ1v) is 9.90. The fourth-order valence-electron chi connectivity index (χ4n) is 2.91. The Morgan fingerprint density at radius 3 is 2.58 bits per heavy atom. The van der Waals surface area contributed by atoms with Crippen LogP contribution >= 0.6 is 0 Å². The van der Waals surface area contributed by atoms with Crippen LogP contribution in [0, 0.1) is 5.92 Å². The fraction of sp³-hybridized carbons (Fsp3) is 0.588. The van der Waals surface area contributed by atoms with Crippen LogP contribution in [0.25, 0.3) is 0 Å². The topological polar surface area (TPSA) is 75.7 Å². The zero-order valence-electron chi connectivity index (χ0n) is 13.9. The van der Waals surface area contributed by atoms with E-state index in [9.17, 15) is 13.2 Å². The summed E-state index contributed by atoms with van der Waals surface area (Å²) >= 11 is 0. The van der Waals surface area contributed by atoms with E-state index in [-0.39, 0.29) is 16.9 Å². The van der Waals surface area contributed by atoms with Crippen molar-refractivity contribution in [2.45, 2.75) is 36.7 Å². The van der Waals surface area contributed by atoms with Gasteiger partial charge in [-0.3, -0.25) is 4.79 Å². The molecular formula is C17H24N2O4S. The molecule has 0 bridgehead atoms. The predicted octanol–water partition coefficient (Wildman–Crippen LogP) is 1.63. The highest BCUT2D eigenvalue weighted by atomic mass is 32.2. The number of methoxy groups -OCH3 is 1. The Morgan fingerprint density at radius 2 is 1.96 bits per heavy atom. The molecule has 0 unspecified atom stereocenters. The highest BCUT2D eigenvalue weighted by molar-refractivity contribution is 7.89. The molecule has 1 aromatic rings. The van der Waals surface area contributed by atoms with E-state index in [0.717, 1.165) is 25.7 Å². The SMILES string of the molecule is COC1CCN(C(=O)c2cccc(S(=O)(=O)NCC3CC3)c2)CC1. The van der Waals surface area contributed by atoms with Gasteiger partial charge in [0.05, 0.1) is 11.0 Å². The van der Waals surface area contributed by atoms with Gasteiger partial charge in [-0.2, -0.15) is 0 Å². The van der Waals surface area contributed by atoms with Crippen molar-refractivity contribution < 1.29 is 17.9 Å². The van der Waals surface area contributed by atoms with Crippen LogP contribution in [0.15, 0.2) is 29.2 Å². The van der Waals surface area contributed by atoms with Gasteiger partial charge in [0.15, 0.2) is 0 Å². The van der Waals surface area contributed by atoms with Crippen LogP contribution in [0.3, 0.4) is 0 Å². The lowest BCUT2D eigenvalue weighted by molar-refractivity contribution is 0.0350. The van der Waals surface area contributed by atoms with Crippen LogP contribution in [-0.2, 0) is 14.8 Å². The van der Waals surface area contributed by atoms with E-state index in [1.54, 1.807) is 24.1 Å². The van der Waals surface area contributed by atoms with Gasteiger partial charge in [0.2, 0.25) is 10.0 Å². The average Bonchev–Trinajstić information content (AvgIpc) is 3.44. The van der Waals surface area contributed by atoms with Crippen molar-refractivity contribution in [3.8, 4) is 0 Å². The van der Waals surface area contributed by atoms with Gasteiger partial charge in [-0.1, -0.05) is 6.07 Å². The van der Waals surface area contributed by atoms with Crippen molar-refractivity contribution >= 4 is 15.9 Å². The number of benzene rings is 1. The first-order chi connectivity index (χ1) is 11.5. The van der Waals surface area contributed by atoms with Crippen LogP contribution < -0.4 is 4.72 Å². The molecule has 1 aromatic carbocycles. The van der Waals surface area contributed by atoms with Crippen molar-refractivity contribution in [1.29, 1.82) is 0 Å². The Morgan fingerprint density at radius 1 is 1.25 bits per heavy atom. The highest BCUT2D eigenvalue weighted by Gasteiger charge is 2.26. The molecule has 1 saturated heterocycles. The van der Waals surface area contributed by atoms with Gasteiger partial charge in [0.25, 0.3) is 5.91 Å². The number of ether oxygens (including phenoxy) is 1. The third kappa shape index (κ3) is 4.15. The molecule has 1 saturated carbocycles. The maximum atomic E-state index is 12.6. The van der Waals surface area contributed by atoms with E-state index in [1.807, 2.05) is 0 Å². The monoisotopic (exact) mass is 352 g/mol. The Labute approximate surface area is 143 Å². The van der Waals surface area contributed by atoms with Gasteiger partial charge >= 0.3 is 0 Å². The summed E-state index contributed by atoms with van der Waals surface area (Å²) in [5, 5.41) is 0. The number of rotatable bonds is 6. The van der Waals surface area contributed by atoms with Crippen LogP contribution in [0.5, 0.6) is 0 Å². The largest absolute Gasteiger partial charge is 0.381 e. The van der Waals surface area contributed by atoms with Crippen LogP contribution in [-0.4, -0.2) is 52.1 Å². The number of hydrogen-bond acceptors (Lipinski definition) is 4. The summed E-state index contributed by atoms with van der Waals surface area (Å²) in [6.07, 6.45) is 3.98. The zero-order valence-corrected chi connectivity index (χ0v) is 14.7. The summed E-state index contributed by atoms with van der Waals surface area (Å²) in [5.74, 6) is 0.343. The maximum absolute atomic E-state index is 12.6. The number of piperidine rings is 1. The molecule has 24 heavy (non-hydrogen) atoms. The van der Waals surface area contributed by atoms with Gasteiger partial charge in [-0.25, -0.2) is 13.1 Å². The van der Waals surface area contributed by atoms with Crippen LogP contribution in [0.2, 0.25) is 0 Å². The van der Waals surface area contributed by atoms with Crippen LogP contribution in [0.4, 0.5) is 0 Å². The van der Waals surface area contributed by atoms with Gasteiger partial charge in [-0.05, 0) is 49.8 Å². The molecule has 1 N–H and O–H groups in total. The summed E-state index contributed by atoms with van der Waals surface area (Å²) in [7, 11) is -1.87. The van der Waals surface area contributed by atoms with E-state index in [1.165, 1.54) is 12.1 Å². The molecule has 1 aliphatic heterocycles. The average molecular weight is 352 g/mol. The lowest BCUT2D eigenvalue weighted by Gasteiger charge is -2.31. The van der Waals surface area contributed by atoms with Crippen molar-refractivity contribution in [3.63, 3.8) is 0 Å². The zero-order chi connectivity index (χ0) is 17.2. The minimum Gasteiger partial charge on any atom is -0.381 e. The summed E-state index contributed by atoms with van der Waals surface area (Å²) < 4.78 is 32.6. The summed E-state index contributed by atoms with van der Waals surface area (Å²) in [6, 6.07) is 6.30. The molecule has 0 atom stereocenters. The second-order valence-electron chi connectivity index (χ2n) is 6.55. The number of carbonyl (C=O) groups is 1. The van der Waals surface area contributed by atoms with E-state index >= 15 is 0 Å². The summed E-state index contributed by atoms with van der Waals surface area (Å²) in [6.45, 7) is 1.74. The third-order valence-corrected chi connectivity index (χ3v) is 6.13. The second-order valence-corrected chi connectivity index (χ2v) is 8.32. The molecule has 1 heterocycles. The van der Waals surface area contributed by atoms with Crippen molar-refractivity contribution in [2.24, 2.45) is 5.92 Å². The minimum atomic E-state index is -3.56. The standard InChI is InChI=1S/C17H24N2O4S/c1-23-15-7-9-19(10-8-15)17(20)14-3-2-4-16(11-14)24(21,22)18-12-13-5-6-13/h2-4,11,13,15,18H,5-10,12H2,1H3. The van der Waals surface area contributed by atoms with E-state index in [0.29, 0.717) is 31.1 Å². The molecule has 0 spiro atoms. The van der Waals surface area contributed by atoms with Gasteiger partial charge < -0.3 is 9.64 Å². The van der Waals surface area contributed by atoms with Crippen molar-refractivity contribution in [1.82, 2.24) is 9.62 Å². The molecule has 1 amide bonds. The lowest BCUT2D eigenvalue weighted by atomic mass is 10.1. The van der Waals surface area contributed by atoms with E-state index < -0.39 is 10.0 Å². The summed E-state index contributed by atoms with van der Waals surface area (Å²) in [4.78, 5) is 14.5. The maximum Gasteiger partial charge on any atom is 0.253 e. The van der Waals surface area contributed by atoms with Gasteiger partial charge in [0, 0.05) is 32.3 Å². The fourth-order valence-corrected chi connectivity index (χ4v) is 4.07. The molecule has 6 nitrogen and oxygen atoms in total. The third-order valence-electron chi connectivity index (χ3n) is 4.71. The number of hydrogen-bond donors (Lipinski definition) is 1. The lowest BCUT2D eigenvalue weighted by Crippen LogP contribution is -2.40. The smallest absolute Gasteiger partial charge is 0.253 e. The van der Waals surface area contributed by atoms with E-state index in [4.69, 9.17) is 4.74 Å². The Balaban J connectivity index is 1.69. The van der Waals surface area contributed by atoms with Gasteiger partial charge in [0.1, 0.15) is 0 Å². The Kier molecular flexibility index (Phi) is 5.22. The van der Waals surface area contributed by atoms with Crippen molar-refractivity contribution in [3.05, 3.63) is 29.8 Å². The molecule has 2 aliphatic rings. The van der Waals surface area contributed by atoms with Crippen molar-refractivity contribution in [2.75, 3.05) is 26.7 Å².